The number of hydrogen-bond acceptors (Lipinski definition) is 7. The van der Waals surface area contributed by atoms with Crippen LogP contribution in [0.4, 0.5) is 11.5 Å². The number of nitrogen functional groups attached to an aromatic ring is 1. The summed E-state index contributed by atoms with van der Waals surface area (Å²) in [6.45, 7) is 5.27. The highest BCUT2D eigenvalue weighted by molar-refractivity contribution is 5.74. The Morgan fingerprint density at radius 1 is 1.00 bits per heavy atom. The second-order valence-corrected chi connectivity index (χ2v) is 6.77. The van der Waals surface area contributed by atoms with E-state index in [4.69, 9.17) is 5.73 Å². The van der Waals surface area contributed by atoms with Crippen molar-refractivity contribution in [1.29, 1.82) is 0 Å². The molecule has 152 valence electrons. The molecular weight excluding hydrogens is 366 g/mol. The SMILES string of the molecule is CC.Nc1nnc(-c2ccccc2O)cc1N1CCC(O)(c2ccncc2)CC1. The van der Waals surface area contributed by atoms with Gasteiger partial charge in [0.1, 0.15) is 5.75 Å². The monoisotopic (exact) mass is 393 g/mol. The summed E-state index contributed by atoms with van der Waals surface area (Å²) in [5.41, 5.74) is 8.02. The van der Waals surface area contributed by atoms with Gasteiger partial charge in [-0.05, 0) is 48.7 Å². The number of nitrogens with two attached hydrogens (primary N) is 1. The summed E-state index contributed by atoms with van der Waals surface area (Å²) in [5.74, 6) is 0.483. The summed E-state index contributed by atoms with van der Waals surface area (Å²) in [6, 6.07) is 12.6. The molecule has 4 N–H and O–H groups in total. The van der Waals surface area contributed by atoms with Crippen molar-refractivity contribution in [2.75, 3.05) is 23.7 Å². The van der Waals surface area contributed by atoms with Crippen molar-refractivity contribution in [3.8, 4) is 17.0 Å². The fourth-order valence-electron chi connectivity index (χ4n) is 3.53. The summed E-state index contributed by atoms with van der Waals surface area (Å²) in [6.07, 6.45) is 4.54. The highest BCUT2D eigenvalue weighted by Crippen LogP contribution is 2.37. The number of aromatic hydroxyl groups is 1. The van der Waals surface area contributed by atoms with Crippen molar-refractivity contribution in [3.05, 3.63) is 60.4 Å². The van der Waals surface area contributed by atoms with Crippen LogP contribution < -0.4 is 10.6 Å². The molecule has 0 amide bonds. The zero-order chi connectivity index (χ0) is 20.9. The third kappa shape index (κ3) is 4.30. The smallest absolute Gasteiger partial charge is 0.169 e. The molecule has 0 spiro atoms. The first-order valence-electron chi connectivity index (χ1n) is 9.86. The van der Waals surface area contributed by atoms with Crippen LogP contribution in [0.1, 0.15) is 32.3 Å². The summed E-state index contributed by atoms with van der Waals surface area (Å²) in [5, 5.41) is 29.3. The van der Waals surface area contributed by atoms with E-state index in [0.29, 0.717) is 43.0 Å². The molecule has 7 nitrogen and oxygen atoms in total. The zero-order valence-corrected chi connectivity index (χ0v) is 16.8. The molecule has 3 aromatic rings. The Labute approximate surface area is 170 Å². The number of aromatic nitrogens is 3. The van der Waals surface area contributed by atoms with Gasteiger partial charge in [0.25, 0.3) is 0 Å². The third-order valence-corrected chi connectivity index (χ3v) is 5.13. The van der Waals surface area contributed by atoms with Gasteiger partial charge in [-0.15, -0.1) is 10.2 Å². The van der Waals surface area contributed by atoms with E-state index in [0.717, 1.165) is 11.3 Å². The van der Waals surface area contributed by atoms with Crippen molar-refractivity contribution in [1.82, 2.24) is 15.2 Å². The van der Waals surface area contributed by atoms with Crippen LogP contribution in [0.15, 0.2) is 54.9 Å². The van der Waals surface area contributed by atoms with Crippen molar-refractivity contribution in [3.63, 3.8) is 0 Å². The third-order valence-electron chi connectivity index (χ3n) is 5.13. The number of anilines is 2. The summed E-state index contributed by atoms with van der Waals surface area (Å²) in [7, 11) is 0. The van der Waals surface area contributed by atoms with Crippen molar-refractivity contribution in [2.24, 2.45) is 0 Å². The largest absolute Gasteiger partial charge is 0.507 e. The number of nitrogens with zero attached hydrogens (tertiary/aromatic N) is 4. The van der Waals surface area contributed by atoms with E-state index in [9.17, 15) is 10.2 Å². The maximum atomic E-state index is 11.0. The standard InChI is InChI=1S/C20H21N5O2.C2H6/c21-19-17(13-16(23-24-19)15-3-1-2-4-18(15)26)25-11-7-20(27,8-12-25)14-5-9-22-10-6-14;1-2/h1-6,9-10,13,26-27H,7-8,11-12H2,(H2,21,24);1-2H3. The lowest BCUT2D eigenvalue weighted by atomic mass is 9.85. The van der Waals surface area contributed by atoms with Gasteiger partial charge in [0.2, 0.25) is 0 Å². The fraction of sp³-hybridized carbons (Fsp3) is 0.318. The lowest BCUT2D eigenvalue weighted by molar-refractivity contribution is 0.0117. The molecular formula is C22H27N5O2. The second-order valence-electron chi connectivity index (χ2n) is 6.77. The number of pyridine rings is 1. The molecule has 0 aliphatic carbocycles. The number of piperidine rings is 1. The predicted molar refractivity (Wildman–Crippen MR) is 114 cm³/mol. The quantitative estimate of drug-likeness (QED) is 0.626. The van der Waals surface area contributed by atoms with Crippen LogP contribution in [0.5, 0.6) is 5.75 Å². The van der Waals surface area contributed by atoms with Crippen LogP contribution >= 0.6 is 0 Å². The van der Waals surface area contributed by atoms with E-state index in [1.54, 1.807) is 30.6 Å². The summed E-state index contributed by atoms with van der Waals surface area (Å²) < 4.78 is 0. The Morgan fingerprint density at radius 3 is 2.31 bits per heavy atom. The van der Waals surface area contributed by atoms with Gasteiger partial charge in [0.15, 0.2) is 5.82 Å². The highest BCUT2D eigenvalue weighted by Gasteiger charge is 2.34. The minimum atomic E-state index is -0.866. The van der Waals surface area contributed by atoms with Crippen LogP contribution in [0.2, 0.25) is 0 Å². The maximum Gasteiger partial charge on any atom is 0.169 e. The van der Waals surface area contributed by atoms with Gasteiger partial charge in [-0.25, -0.2) is 0 Å². The Balaban J connectivity index is 0.00000117. The number of hydrogen-bond donors (Lipinski definition) is 3. The summed E-state index contributed by atoms with van der Waals surface area (Å²) >= 11 is 0. The normalized spacial score (nSPS) is 15.3. The van der Waals surface area contributed by atoms with Gasteiger partial charge in [0.05, 0.1) is 17.0 Å². The number of phenolic OH excluding ortho intramolecular Hbond substituents is 1. The molecule has 7 heteroatoms. The van der Waals surface area contributed by atoms with Crippen LogP contribution in [0.25, 0.3) is 11.3 Å². The molecule has 29 heavy (non-hydrogen) atoms. The van der Waals surface area contributed by atoms with Gasteiger partial charge < -0.3 is 20.8 Å². The molecule has 1 saturated heterocycles. The minimum Gasteiger partial charge on any atom is -0.507 e. The molecule has 0 radical (unpaired) electrons. The first-order valence-corrected chi connectivity index (χ1v) is 9.86. The average molecular weight is 393 g/mol. The predicted octanol–water partition coefficient (Wildman–Crippen LogP) is 3.34. The highest BCUT2D eigenvalue weighted by atomic mass is 16.3. The zero-order valence-electron chi connectivity index (χ0n) is 16.8. The molecule has 3 heterocycles. The fourth-order valence-corrected chi connectivity index (χ4v) is 3.53. The van der Waals surface area contributed by atoms with Crippen LogP contribution in [0.3, 0.4) is 0 Å². The van der Waals surface area contributed by atoms with Crippen LogP contribution in [-0.4, -0.2) is 38.5 Å². The van der Waals surface area contributed by atoms with Gasteiger partial charge in [-0.3, -0.25) is 4.98 Å². The number of para-hydroxylation sites is 1. The molecule has 0 unspecified atom stereocenters. The first kappa shape index (κ1) is 20.5. The molecule has 0 saturated carbocycles. The molecule has 2 aromatic heterocycles. The second kappa shape index (κ2) is 8.87. The number of rotatable bonds is 3. The van der Waals surface area contributed by atoms with Crippen molar-refractivity contribution in [2.45, 2.75) is 32.3 Å². The van der Waals surface area contributed by atoms with Gasteiger partial charge in [-0.1, -0.05) is 26.0 Å². The lowest BCUT2D eigenvalue weighted by Crippen LogP contribution is -2.43. The van der Waals surface area contributed by atoms with Crippen LogP contribution in [0, 0.1) is 0 Å². The molecule has 4 rings (SSSR count). The number of phenols is 1. The van der Waals surface area contributed by atoms with Crippen molar-refractivity contribution < 1.29 is 10.2 Å². The Hall–Kier alpha value is -3.19. The minimum absolute atomic E-state index is 0.147. The van der Waals surface area contributed by atoms with Gasteiger partial charge >= 0.3 is 0 Å². The topological polar surface area (TPSA) is 108 Å². The van der Waals surface area contributed by atoms with E-state index in [-0.39, 0.29) is 5.75 Å². The van der Waals surface area contributed by atoms with E-state index in [2.05, 4.69) is 20.1 Å². The van der Waals surface area contributed by atoms with Gasteiger partial charge in [0, 0.05) is 31.0 Å². The first-order chi connectivity index (χ1) is 14.1. The molecule has 0 atom stereocenters. The lowest BCUT2D eigenvalue weighted by Gasteiger charge is -2.39. The molecule has 1 aliphatic rings. The Bertz CT molecular complexity index is 941. The molecule has 0 bridgehead atoms. The maximum absolute atomic E-state index is 11.0. The van der Waals surface area contributed by atoms with E-state index < -0.39 is 5.60 Å². The molecule has 1 aliphatic heterocycles. The number of benzene rings is 1. The molecule has 1 fully saturated rings. The van der Waals surface area contributed by atoms with E-state index >= 15 is 0 Å². The average Bonchev–Trinajstić information content (AvgIpc) is 2.77. The Morgan fingerprint density at radius 2 is 1.66 bits per heavy atom. The summed E-state index contributed by atoms with van der Waals surface area (Å²) in [4.78, 5) is 6.12. The Kier molecular flexibility index (Phi) is 6.29. The van der Waals surface area contributed by atoms with E-state index in [1.165, 1.54) is 0 Å². The number of aliphatic hydroxyl groups is 1. The van der Waals surface area contributed by atoms with E-state index in [1.807, 2.05) is 38.1 Å². The van der Waals surface area contributed by atoms with Crippen LogP contribution in [-0.2, 0) is 5.60 Å². The van der Waals surface area contributed by atoms with Crippen molar-refractivity contribution >= 4 is 11.5 Å². The molecule has 1 aromatic carbocycles. The van der Waals surface area contributed by atoms with Gasteiger partial charge in [-0.2, -0.15) is 0 Å².